The fraction of sp³-hybridized carbons (Fsp3) is 0.692. The molecule has 0 saturated carbocycles. The van der Waals surface area contributed by atoms with E-state index < -0.39 is 42.3 Å². The van der Waals surface area contributed by atoms with Gasteiger partial charge < -0.3 is 24.6 Å². The van der Waals surface area contributed by atoms with Gasteiger partial charge in [0.05, 0.1) is 0 Å². The maximum absolute atomic E-state index is 12.0. The Bertz CT molecular complexity index is 735. The van der Waals surface area contributed by atoms with Crippen LogP contribution in [0, 0.1) is 0 Å². The smallest absolute Gasteiger partial charge is 0.330 e. The topological polar surface area (TPSA) is 129 Å². The van der Waals surface area contributed by atoms with Gasteiger partial charge in [0.25, 0.3) is 5.56 Å². The van der Waals surface area contributed by atoms with Crippen molar-refractivity contribution in [2.75, 3.05) is 13.7 Å². The van der Waals surface area contributed by atoms with Crippen LogP contribution in [0.1, 0.15) is 20.1 Å². The van der Waals surface area contributed by atoms with Gasteiger partial charge in [-0.05, 0) is 11.8 Å². The molecule has 2 rings (SSSR count). The normalized spacial score (nSPS) is 29.8. The molecule has 1 aromatic rings. The molecule has 24 heavy (non-hydrogen) atoms. The summed E-state index contributed by atoms with van der Waals surface area (Å²) in [6, 6.07) is 1.20. The highest BCUT2D eigenvalue weighted by molar-refractivity contribution is 8.09. The summed E-state index contributed by atoms with van der Waals surface area (Å²) >= 11 is 5.18. The number of aromatic amines is 1. The molecular formula is C13H22N3O6PS. The van der Waals surface area contributed by atoms with Crippen LogP contribution in [0.5, 0.6) is 0 Å². The monoisotopic (exact) mass is 379 g/mol. The van der Waals surface area contributed by atoms with Gasteiger partial charge in [0.2, 0.25) is 0 Å². The summed E-state index contributed by atoms with van der Waals surface area (Å²) in [5.41, 5.74) is 4.32. The van der Waals surface area contributed by atoms with Crippen LogP contribution in [-0.4, -0.2) is 52.1 Å². The number of hydrogen-bond donors (Lipinski definition) is 3. The molecule has 5 atom stereocenters. The first-order chi connectivity index (χ1) is 11.2. The molecule has 1 aliphatic heterocycles. The molecule has 4 N–H and O–H groups in total. The van der Waals surface area contributed by atoms with Crippen molar-refractivity contribution in [3.8, 4) is 0 Å². The molecule has 9 nitrogen and oxygen atoms in total. The molecule has 0 spiro atoms. The van der Waals surface area contributed by atoms with Crippen molar-refractivity contribution in [1.82, 2.24) is 9.55 Å². The van der Waals surface area contributed by atoms with Gasteiger partial charge >= 0.3 is 5.69 Å². The van der Waals surface area contributed by atoms with Crippen LogP contribution < -0.4 is 17.0 Å². The number of ether oxygens (including phenoxy) is 2. The summed E-state index contributed by atoms with van der Waals surface area (Å²) in [6.07, 6.45) is -1.63. The van der Waals surface area contributed by atoms with Crippen molar-refractivity contribution in [3.63, 3.8) is 0 Å². The van der Waals surface area contributed by atoms with Crippen LogP contribution in [0.4, 0.5) is 0 Å². The Balaban J connectivity index is 2.37. The number of nitrogens with one attached hydrogen (secondary N) is 1. The Hall–Kier alpha value is -0.870. The maximum atomic E-state index is 12.0. The summed E-state index contributed by atoms with van der Waals surface area (Å²) in [5, 5.41) is 0. The highest BCUT2D eigenvalue weighted by Gasteiger charge is 2.48. The van der Waals surface area contributed by atoms with Gasteiger partial charge in [-0.3, -0.25) is 14.3 Å². The molecule has 2 unspecified atom stereocenters. The van der Waals surface area contributed by atoms with Crippen LogP contribution in [0.25, 0.3) is 0 Å². The van der Waals surface area contributed by atoms with Crippen molar-refractivity contribution >= 4 is 18.3 Å². The number of aromatic nitrogens is 2. The van der Waals surface area contributed by atoms with E-state index in [0.29, 0.717) is 0 Å². The van der Waals surface area contributed by atoms with Gasteiger partial charge in [-0.15, -0.1) is 0 Å². The van der Waals surface area contributed by atoms with E-state index >= 15 is 0 Å². The average molecular weight is 379 g/mol. The number of H-pyrrole nitrogens is 1. The minimum atomic E-state index is -3.08. The summed E-state index contributed by atoms with van der Waals surface area (Å²) in [7, 11) is 1.43. The highest BCUT2D eigenvalue weighted by Crippen LogP contribution is 2.51. The molecule has 1 aromatic heterocycles. The summed E-state index contributed by atoms with van der Waals surface area (Å²) in [5.74, 6) is 0. The summed E-state index contributed by atoms with van der Waals surface area (Å²) < 4.78 is 18.2. The zero-order chi connectivity index (χ0) is 18.1. The quantitative estimate of drug-likeness (QED) is 0.565. The van der Waals surface area contributed by atoms with Crippen LogP contribution >= 0.6 is 6.49 Å². The molecule has 0 radical (unpaired) electrons. The van der Waals surface area contributed by atoms with E-state index in [2.05, 4.69) is 4.98 Å². The molecule has 0 aliphatic carbocycles. The molecule has 1 fully saturated rings. The number of hydrogen-bond acceptors (Lipinski definition) is 7. The lowest BCUT2D eigenvalue weighted by atomic mass is 10.1. The van der Waals surface area contributed by atoms with Crippen molar-refractivity contribution in [3.05, 3.63) is 33.1 Å². The second-order valence-corrected chi connectivity index (χ2v) is 9.69. The maximum Gasteiger partial charge on any atom is 0.330 e. The van der Waals surface area contributed by atoms with Crippen LogP contribution in [0.2, 0.25) is 0 Å². The van der Waals surface area contributed by atoms with Crippen molar-refractivity contribution in [1.29, 1.82) is 0 Å². The molecule has 0 bridgehead atoms. The first-order valence-corrected chi connectivity index (χ1v) is 10.2. The number of methoxy groups -OCH3 is 1. The molecule has 2 heterocycles. The number of nitrogens with zero attached hydrogens (tertiary/aromatic N) is 1. The predicted octanol–water partition coefficient (Wildman–Crippen LogP) is -0.497. The first kappa shape index (κ1) is 19.5. The second kappa shape index (κ2) is 7.57. The molecular weight excluding hydrogens is 357 g/mol. The van der Waals surface area contributed by atoms with Gasteiger partial charge in [-0.1, -0.05) is 13.8 Å². The Morgan fingerprint density at radius 3 is 2.67 bits per heavy atom. The standard InChI is InChI=1S/C13H22N3O6PS/c1-7(2)23(19,24)22-10-8(6-14)21-12(11(10)20-3)16-5-4-9(17)15-13(16)18/h4-5,7-8,10-12H,6,14H2,1-3H3,(H,19,24)(H,15,17,18)/t8-,10?,11+,12-,23?/m1/s1. The molecule has 1 aliphatic rings. The lowest BCUT2D eigenvalue weighted by Crippen LogP contribution is -2.40. The summed E-state index contributed by atoms with van der Waals surface area (Å²) in [4.78, 5) is 35.8. The highest BCUT2D eigenvalue weighted by atomic mass is 32.5. The van der Waals surface area contributed by atoms with E-state index in [1.807, 2.05) is 0 Å². The Morgan fingerprint density at radius 1 is 1.50 bits per heavy atom. The molecule has 0 amide bonds. The summed E-state index contributed by atoms with van der Waals surface area (Å²) in [6.45, 7) is 0.537. The molecule has 11 heteroatoms. The Morgan fingerprint density at radius 2 is 2.17 bits per heavy atom. The number of rotatable bonds is 6. The van der Waals surface area contributed by atoms with Gasteiger partial charge in [0.15, 0.2) is 12.7 Å². The van der Waals surface area contributed by atoms with Crippen molar-refractivity contribution in [2.45, 2.75) is 44.0 Å². The third kappa shape index (κ3) is 3.85. The van der Waals surface area contributed by atoms with Crippen molar-refractivity contribution in [2.24, 2.45) is 5.73 Å². The van der Waals surface area contributed by atoms with E-state index in [1.165, 1.54) is 23.9 Å². The lowest BCUT2D eigenvalue weighted by Gasteiger charge is -2.29. The number of nitrogens with two attached hydrogens (primary N) is 1. The van der Waals surface area contributed by atoms with E-state index in [4.69, 9.17) is 31.5 Å². The second-order valence-electron chi connectivity index (χ2n) is 5.75. The third-order valence-electron chi connectivity index (χ3n) is 3.84. The third-order valence-corrected chi connectivity index (χ3v) is 7.21. The zero-order valence-corrected chi connectivity index (χ0v) is 15.3. The lowest BCUT2D eigenvalue weighted by molar-refractivity contribution is -0.0519. The molecule has 136 valence electrons. The van der Waals surface area contributed by atoms with Crippen LogP contribution in [0.3, 0.4) is 0 Å². The van der Waals surface area contributed by atoms with Gasteiger partial charge in [0.1, 0.15) is 18.3 Å². The van der Waals surface area contributed by atoms with Gasteiger partial charge in [-0.2, -0.15) is 0 Å². The largest absolute Gasteiger partial charge is 0.374 e. The van der Waals surface area contributed by atoms with Gasteiger partial charge in [-0.25, -0.2) is 4.79 Å². The predicted molar refractivity (Wildman–Crippen MR) is 91.6 cm³/mol. The minimum Gasteiger partial charge on any atom is -0.374 e. The fourth-order valence-corrected chi connectivity index (χ4v) is 3.57. The van der Waals surface area contributed by atoms with Crippen LogP contribution in [-0.2, 0) is 25.8 Å². The van der Waals surface area contributed by atoms with Crippen LogP contribution in [0.15, 0.2) is 21.9 Å². The van der Waals surface area contributed by atoms with Crippen molar-refractivity contribution < 1.29 is 18.9 Å². The minimum absolute atomic E-state index is 0.0898. The SMILES string of the molecule is CO[C@H]1C(OP(O)(=S)C(C)C)[C@@H](CN)O[C@H]1n1ccc(=O)[nH]c1=O. The van der Waals surface area contributed by atoms with E-state index in [-0.39, 0.29) is 12.2 Å². The Labute approximate surface area is 143 Å². The van der Waals surface area contributed by atoms with Gasteiger partial charge in [0, 0.05) is 31.6 Å². The van der Waals surface area contributed by atoms with E-state index in [1.54, 1.807) is 13.8 Å². The molecule has 1 saturated heterocycles. The first-order valence-electron chi connectivity index (χ1n) is 7.42. The Kier molecular flexibility index (Phi) is 6.14. The zero-order valence-electron chi connectivity index (χ0n) is 13.6. The van der Waals surface area contributed by atoms with E-state index in [0.717, 1.165) is 0 Å². The van der Waals surface area contributed by atoms with E-state index in [9.17, 15) is 14.5 Å². The average Bonchev–Trinajstić information content (AvgIpc) is 2.83. The molecule has 0 aromatic carbocycles. The fourth-order valence-electron chi connectivity index (χ4n) is 2.42.